The van der Waals surface area contributed by atoms with E-state index in [4.69, 9.17) is 9.47 Å². The Morgan fingerprint density at radius 2 is 2.27 bits per heavy atom. The van der Waals surface area contributed by atoms with E-state index in [0.29, 0.717) is 0 Å². The Morgan fingerprint density at radius 3 is 2.87 bits per heavy atom. The van der Waals surface area contributed by atoms with Gasteiger partial charge in [0.2, 0.25) is 0 Å². The maximum atomic E-state index is 5.72. The molecule has 3 nitrogen and oxygen atoms in total. The maximum absolute atomic E-state index is 5.72. The van der Waals surface area contributed by atoms with Crippen LogP contribution in [-0.4, -0.2) is 43.1 Å². The summed E-state index contributed by atoms with van der Waals surface area (Å²) in [7, 11) is 0. The van der Waals surface area contributed by atoms with E-state index in [1.807, 2.05) is 13.8 Å². The lowest BCUT2D eigenvalue weighted by Crippen LogP contribution is -2.33. The highest BCUT2D eigenvalue weighted by Crippen LogP contribution is 2.23. The lowest BCUT2D eigenvalue weighted by atomic mass is 10.1. The first-order chi connectivity index (χ1) is 7.16. The van der Waals surface area contributed by atoms with Gasteiger partial charge in [-0.2, -0.15) is 11.8 Å². The molecular formula is C11H21NO2S. The Morgan fingerprint density at radius 1 is 1.40 bits per heavy atom. The molecule has 1 N–H and O–H groups in total. The quantitative estimate of drug-likeness (QED) is 0.794. The largest absolute Gasteiger partial charge is 0.348 e. The van der Waals surface area contributed by atoms with E-state index in [0.717, 1.165) is 25.6 Å². The summed E-state index contributed by atoms with van der Waals surface area (Å²) in [6.07, 6.45) is 1.60. The Labute approximate surface area is 96.3 Å². The minimum atomic E-state index is -0.379. The standard InChI is InChI=1S/C11H21NO2S/c1-11(2)13-7-10(14-11)6-12-5-9-3-4-15-8-9/h9-10,12H,3-8H2,1-2H3. The molecule has 2 fully saturated rings. The summed E-state index contributed by atoms with van der Waals surface area (Å²) >= 11 is 2.07. The fourth-order valence-corrected chi connectivity index (χ4v) is 3.34. The number of hydrogen-bond acceptors (Lipinski definition) is 4. The van der Waals surface area contributed by atoms with Gasteiger partial charge in [-0.25, -0.2) is 0 Å². The molecule has 15 heavy (non-hydrogen) atoms. The molecule has 0 aromatic heterocycles. The molecule has 0 aromatic carbocycles. The van der Waals surface area contributed by atoms with Crippen LogP contribution in [0, 0.1) is 5.92 Å². The minimum Gasteiger partial charge on any atom is -0.348 e. The van der Waals surface area contributed by atoms with Crippen LogP contribution in [0.25, 0.3) is 0 Å². The van der Waals surface area contributed by atoms with E-state index in [9.17, 15) is 0 Å². The van der Waals surface area contributed by atoms with Crippen molar-refractivity contribution in [2.75, 3.05) is 31.2 Å². The molecule has 2 rings (SSSR count). The molecule has 2 saturated heterocycles. The molecule has 2 heterocycles. The fraction of sp³-hybridized carbons (Fsp3) is 1.00. The van der Waals surface area contributed by atoms with Crippen LogP contribution in [0.2, 0.25) is 0 Å². The van der Waals surface area contributed by atoms with Gasteiger partial charge in [0.25, 0.3) is 0 Å². The van der Waals surface area contributed by atoms with Gasteiger partial charge < -0.3 is 14.8 Å². The molecule has 0 aromatic rings. The predicted octanol–water partition coefficient (Wildman–Crippen LogP) is 1.48. The summed E-state index contributed by atoms with van der Waals surface area (Å²) in [6, 6.07) is 0. The summed E-state index contributed by atoms with van der Waals surface area (Å²) in [6.45, 7) is 6.72. The summed E-state index contributed by atoms with van der Waals surface area (Å²) in [5, 5.41) is 3.49. The molecule has 0 saturated carbocycles. The zero-order valence-corrected chi connectivity index (χ0v) is 10.4. The molecule has 0 spiro atoms. The molecule has 88 valence electrons. The van der Waals surface area contributed by atoms with Gasteiger partial charge in [-0.05, 0) is 44.2 Å². The van der Waals surface area contributed by atoms with Gasteiger partial charge in [-0.15, -0.1) is 0 Å². The van der Waals surface area contributed by atoms with Gasteiger partial charge in [-0.1, -0.05) is 0 Å². The van der Waals surface area contributed by atoms with Crippen LogP contribution in [0.15, 0.2) is 0 Å². The van der Waals surface area contributed by atoms with Gasteiger partial charge in [-0.3, -0.25) is 0 Å². The molecule has 0 aliphatic carbocycles. The number of thioether (sulfide) groups is 1. The summed E-state index contributed by atoms with van der Waals surface area (Å²) in [5.41, 5.74) is 0. The van der Waals surface area contributed by atoms with Crippen LogP contribution in [0.5, 0.6) is 0 Å². The minimum absolute atomic E-state index is 0.231. The van der Waals surface area contributed by atoms with Crippen molar-refractivity contribution in [3.63, 3.8) is 0 Å². The van der Waals surface area contributed by atoms with Crippen molar-refractivity contribution in [2.24, 2.45) is 5.92 Å². The number of ether oxygens (including phenoxy) is 2. The molecule has 0 bridgehead atoms. The highest BCUT2D eigenvalue weighted by molar-refractivity contribution is 7.99. The summed E-state index contributed by atoms with van der Waals surface area (Å²) < 4.78 is 11.2. The Hall–Kier alpha value is 0.230. The molecule has 2 atom stereocenters. The maximum Gasteiger partial charge on any atom is 0.163 e. The van der Waals surface area contributed by atoms with Crippen LogP contribution < -0.4 is 5.32 Å². The van der Waals surface area contributed by atoms with E-state index in [1.165, 1.54) is 17.9 Å². The zero-order chi connectivity index (χ0) is 10.7. The average Bonchev–Trinajstić information content (AvgIpc) is 2.76. The van der Waals surface area contributed by atoms with Gasteiger partial charge in [0.15, 0.2) is 5.79 Å². The molecular weight excluding hydrogens is 210 g/mol. The summed E-state index contributed by atoms with van der Waals surface area (Å²) in [5.74, 6) is 3.14. The average molecular weight is 231 g/mol. The first-order valence-electron chi connectivity index (χ1n) is 5.76. The lowest BCUT2D eigenvalue weighted by Gasteiger charge is -2.17. The number of rotatable bonds is 4. The van der Waals surface area contributed by atoms with E-state index < -0.39 is 0 Å². The van der Waals surface area contributed by atoms with E-state index in [-0.39, 0.29) is 11.9 Å². The highest BCUT2D eigenvalue weighted by atomic mass is 32.2. The van der Waals surface area contributed by atoms with Gasteiger partial charge in [0.05, 0.1) is 12.7 Å². The third-order valence-electron chi connectivity index (χ3n) is 2.90. The predicted molar refractivity (Wildman–Crippen MR) is 63.2 cm³/mol. The molecule has 0 radical (unpaired) electrons. The smallest absolute Gasteiger partial charge is 0.163 e. The van der Waals surface area contributed by atoms with Gasteiger partial charge in [0.1, 0.15) is 0 Å². The van der Waals surface area contributed by atoms with E-state index >= 15 is 0 Å². The third kappa shape index (κ3) is 3.63. The molecule has 4 heteroatoms. The van der Waals surface area contributed by atoms with E-state index in [1.54, 1.807) is 0 Å². The first-order valence-corrected chi connectivity index (χ1v) is 6.91. The second-order valence-electron chi connectivity index (χ2n) is 4.84. The van der Waals surface area contributed by atoms with Crippen LogP contribution in [-0.2, 0) is 9.47 Å². The van der Waals surface area contributed by atoms with Crippen LogP contribution in [0.1, 0.15) is 20.3 Å². The second kappa shape index (κ2) is 5.04. The monoisotopic (exact) mass is 231 g/mol. The highest BCUT2D eigenvalue weighted by Gasteiger charge is 2.32. The van der Waals surface area contributed by atoms with Crippen molar-refractivity contribution in [1.82, 2.24) is 5.32 Å². The van der Waals surface area contributed by atoms with Crippen LogP contribution in [0.3, 0.4) is 0 Å². The topological polar surface area (TPSA) is 30.5 Å². The Kier molecular flexibility index (Phi) is 3.93. The molecule has 2 unspecified atom stereocenters. The fourth-order valence-electron chi connectivity index (χ4n) is 2.06. The molecule has 0 amide bonds. The van der Waals surface area contributed by atoms with Crippen molar-refractivity contribution in [1.29, 1.82) is 0 Å². The van der Waals surface area contributed by atoms with Crippen molar-refractivity contribution >= 4 is 11.8 Å². The number of hydrogen-bond donors (Lipinski definition) is 1. The summed E-state index contributed by atoms with van der Waals surface area (Å²) in [4.78, 5) is 0. The van der Waals surface area contributed by atoms with Crippen molar-refractivity contribution < 1.29 is 9.47 Å². The van der Waals surface area contributed by atoms with Gasteiger partial charge >= 0.3 is 0 Å². The molecule has 2 aliphatic rings. The Balaban J connectivity index is 1.58. The normalized spacial score (nSPS) is 34.8. The van der Waals surface area contributed by atoms with E-state index in [2.05, 4.69) is 17.1 Å². The van der Waals surface area contributed by atoms with Gasteiger partial charge in [0, 0.05) is 6.54 Å². The zero-order valence-electron chi connectivity index (χ0n) is 9.62. The lowest BCUT2D eigenvalue weighted by molar-refractivity contribution is -0.137. The number of nitrogens with one attached hydrogen (secondary N) is 1. The third-order valence-corrected chi connectivity index (χ3v) is 4.13. The van der Waals surface area contributed by atoms with Crippen molar-refractivity contribution in [3.05, 3.63) is 0 Å². The first kappa shape index (κ1) is 11.7. The SMILES string of the molecule is CC1(C)OCC(CNCC2CCSC2)O1. The van der Waals surface area contributed by atoms with Crippen molar-refractivity contribution in [2.45, 2.75) is 32.2 Å². The molecule has 2 aliphatic heterocycles. The second-order valence-corrected chi connectivity index (χ2v) is 5.99. The van der Waals surface area contributed by atoms with Crippen LogP contribution >= 0.6 is 11.8 Å². The van der Waals surface area contributed by atoms with Crippen LogP contribution in [0.4, 0.5) is 0 Å². The van der Waals surface area contributed by atoms with Crippen molar-refractivity contribution in [3.8, 4) is 0 Å². The Bertz CT molecular complexity index is 205.